The average Bonchev–Trinajstić information content (AvgIpc) is 2.74. The third-order valence-electron chi connectivity index (χ3n) is 4.75. The first-order valence-corrected chi connectivity index (χ1v) is 10.3. The van der Waals surface area contributed by atoms with Crippen LogP contribution in [0.15, 0.2) is 58.3 Å². The van der Waals surface area contributed by atoms with Gasteiger partial charge in [0.2, 0.25) is 6.23 Å². The summed E-state index contributed by atoms with van der Waals surface area (Å²) >= 11 is 1.37. The molecule has 0 aliphatic carbocycles. The molecule has 0 aromatic heterocycles. The van der Waals surface area contributed by atoms with Crippen LogP contribution in [0.25, 0.3) is 0 Å². The maximum absolute atomic E-state index is 12.9. The SMILES string of the molecule is CCOC(CC)[N+]1(c2ccc(Sc3ccc([N+](=O)[O-])cc3)cc2)C(=O)NC(=O)NC1=O. The smallest absolute Gasteiger partial charge is 0.328 e. The number of nitro benzene ring substituents is 1. The highest BCUT2D eigenvalue weighted by molar-refractivity contribution is 7.99. The van der Waals surface area contributed by atoms with Crippen molar-refractivity contribution < 1.29 is 24.0 Å². The first kappa shape index (κ1) is 22.4. The van der Waals surface area contributed by atoms with E-state index in [9.17, 15) is 24.5 Å². The third-order valence-corrected chi connectivity index (χ3v) is 5.76. The van der Waals surface area contributed by atoms with Crippen LogP contribution in [0.3, 0.4) is 0 Å². The number of quaternary nitrogens is 1. The van der Waals surface area contributed by atoms with Gasteiger partial charge in [0, 0.05) is 40.5 Å². The van der Waals surface area contributed by atoms with Crippen molar-refractivity contribution in [3.05, 3.63) is 58.6 Å². The summed E-state index contributed by atoms with van der Waals surface area (Å²) in [5.74, 6) is 0. The Morgan fingerprint density at radius 2 is 1.48 bits per heavy atom. The lowest BCUT2D eigenvalue weighted by Gasteiger charge is -2.39. The molecule has 2 N–H and O–H groups in total. The maximum atomic E-state index is 12.9. The molecule has 0 saturated carbocycles. The van der Waals surface area contributed by atoms with Crippen LogP contribution in [0.4, 0.5) is 25.8 Å². The normalized spacial score (nSPS) is 16.4. The van der Waals surface area contributed by atoms with E-state index in [0.717, 1.165) is 9.79 Å². The Hall–Kier alpha value is -3.28. The molecule has 162 valence electrons. The number of rotatable bonds is 8. The van der Waals surface area contributed by atoms with E-state index in [-0.39, 0.29) is 12.3 Å². The topological polar surface area (TPSA) is 128 Å². The molecule has 11 heteroatoms. The van der Waals surface area contributed by atoms with Crippen molar-refractivity contribution in [1.29, 1.82) is 0 Å². The molecule has 31 heavy (non-hydrogen) atoms. The molecule has 1 aliphatic rings. The van der Waals surface area contributed by atoms with E-state index >= 15 is 0 Å². The average molecular weight is 445 g/mol. The number of nitrogens with zero attached hydrogens (tertiary/aromatic N) is 2. The molecule has 1 unspecified atom stereocenters. The van der Waals surface area contributed by atoms with Crippen LogP contribution in [-0.2, 0) is 4.74 Å². The Morgan fingerprint density at radius 1 is 0.968 bits per heavy atom. The fraction of sp³-hybridized carbons (Fsp3) is 0.250. The highest BCUT2D eigenvalue weighted by atomic mass is 32.2. The van der Waals surface area contributed by atoms with Crippen LogP contribution in [0, 0.1) is 10.1 Å². The van der Waals surface area contributed by atoms with E-state index in [1.54, 1.807) is 50.2 Å². The molecule has 3 rings (SSSR count). The van der Waals surface area contributed by atoms with Gasteiger partial charge in [0.1, 0.15) is 0 Å². The highest BCUT2D eigenvalue weighted by Crippen LogP contribution is 2.35. The van der Waals surface area contributed by atoms with Crippen molar-refractivity contribution in [2.24, 2.45) is 0 Å². The molecule has 0 bridgehead atoms. The summed E-state index contributed by atoms with van der Waals surface area (Å²) in [6.45, 7) is 3.82. The molecule has 1 aliphatic heterocycles. The van der Waals surface area contributed by atoms with E-state index in [1.165, 1.54) is 23.9 Å². The molecular formula is C20H21N4O6S+. The lowest BCUT2D eigenvalue weighted by Crippen LogP contribution is -2.76. The molecule has 1 atom stereocenters. The van der Waals surface area contributed by atoms with Crippen molar-refractivity contribution in [3.63, 3.8) is 0 Å². The van der Waals surface area contributed by atoms with Crippen molar-refractivity contribution in [1.82, 2.24) is 15.1 Å². The fourth-order valence-corrected chi connectivity index (χ4v) is 4.19. The zero-order valence-corrected chi connectivity index (χ0v) is 17.7. The van der Waals surface area contributed by atoms with Crippen molar-refractivity contribution in [2.45, 2.75) is 36.3 Å². The molecule has 1 saturated heterocycles. The Balaban J connectivity index is 1.94. The number of amides is 6. The molecular weight excluding hydrogens is 424 g/mol. The van der Waals surface area contributed by atoms with Crippen LogP contribution >= 0.6 is 11.8 Å². The Morgan fingerprint density at radius 3 is 1.94 bits per heavy atom. The second-order valence-electron chi connectivity index (χ2n) is 6.58. The van der Waals surface area contributed by atoms with Crippen LogP contribution in [0.1, 0.15) is 20.3 Å². The van der Waals surface area contributed by atoms with Crippen LogP contribution < -0.4 is 15.1 Å². The summed E-state index contributed by atoms with van der Waals surface area (Å²) in [7, 11) is 0. The lowest BCUT2D eigenvalue weighted by molar-refractivity contribution is -0.384. The van der Waals surface area contributed by atoms with Gasteiger partial charge in [0.25, 0.3) is 5.69 Å². The molecule has 6 amide bonds. The van der Waals surface area contributed by atoms with Gasteiger partial charge in [0.15, 0.2) is 5.69 Å². The van der Waals surface area contributed by atoms with Crippen LogP contribution in [0.2, 0.25) is 0 Å². The van der Waals surface area contributed by atoms with Gasteiger partial charge in [-0.1, -0.05) is 23.2 Å². The van der Waals surface area contributed by atoms with Gasteiger partial charge >= 0.3 is 18.1 Å². The number of imide groups is 3. The predicted molar refractivity (Wildman–Crippen MR) is 114 cm³/mol. The summed E-state index contributed by atoms with van der Waals surface area (Å²) in [5.41, 5.74) is 0.347. The van der Waals surface area contributed by atoms with Crippen molar-refractivity contribution >= 4 is 41.2 Å². The number of non-ortho nitro benzene ring substituents is 1. The molecule has 0 radical (unpaired) electrons. The number of nitrogens with one attached hydrogen (secondary N) is 2. The third kappa shape index (κ3) is 4.29. The molecule has 1 heterocycles. The quantitative estimate of drug-likeness (QED) is 0.351. The lowest BCUT2D eigenvalue weighted by atomic mass is 10.2. The van der Waals surface area contributed by atoms with Gasteiger partial charge < -0.3 is 4.74 Å². The van der Waals surface area contributed by atoms with Crippen LogP contribution in [-0.4, -0.2) is 35.9 Å². The summed E-state index contributed by atoms with van der Waals surface area (Å²) < 4.78 is 4.87. The molecule has 2 aromatic carbocycles. The first-order chi connectivity index (χ1) is 14.8. The van der Waals surface area contributed by atoms with E-state index < -0.39 is 33.7 Å². The second-order valence-corrected chi connectivity index (χ2v) is 7.72. The first-order valence-electron chi connectivity index (χ1n) is 9.53. The van der Waals surface area contributed by atoms with Gasteiger partial charge in [-0.05, 0) is 31.2 Å². The summed E-state index contributed by atoms with van der Waals surface area (Å²) in [6, 6.07) is 10.4. The van der Waals surface area contributed by atoms with E-state index in [0.29, 0.717) is 12.1 Å². The Kier molecular flexibility index (Phi) is 6.68. The standard InChI is InChI=1S/C20H20N4O6S/c1-3-17(30-4-2)24(19(26)21-18(25)22-20(24)27)14-7-11-16(12-8-14)31-15-9-5-13(6-10-15)23(28)29/h5-12,17H,3-4H2,1-2H3,(H-,21,22,25,26,27)/p+1. The number of hydrogen-bond donors (Lipinski definition) is 2. The summed E-state index contributed by atoms with van der Waals surface area (Å²) in [6.07, 6.45) is -0.478. The minimum atomic E-state index is -0.875. The van der Waals surface area contributed by atoms with Gasteiger partial charge in [-0.2, -0.15) is 0 Å². The molecule has 2 aromatic rings. The van der Waals surface area contributed by atoms with Gasteiger partial charge in [0.05, 0.1) is 11.5 Å². The monoisotopic (exact) mass is 445 g/mol. The Bertz CT molecular complexity index is 989. The highest BCUT2D eigenvalue weighted by Gasteiger charge is 2.58. The number of benzene rings is 2. The minimum Gasteiger partial charge on any atom is -0.328 e. The van der Waals surface area contributed by atoms with Gasteiger partial charge in [-0.25, -0.2) is 25.0 Å². The summed E-state index contributed by atoms with van der Waals surface area (Å²) in [5, 5.41) is 15.1. The largest absolute Gasteiger partial charge is 0.441 e. The maximum Gasteiger partial charge on any atom is 0.441 e. The number of urea groups is 3. The van der Waals surface area contributed by atoms with Crippen LogP contribution in [0.5, 0.6) is 0 Å². The van der Waals surface area contributed by atoms with E-state index in [4.69, 9.17) is 4.74 Å². The van der Waals surface area contributed by atoms with Crippen molar-refractivity contribution in [3.8, 4) is 0 Å². The summed E-state index contributed by atoms with van der Waals surface area (Å²) in [4.78, 5) is 49.4. The second kappa shape index (κ2) is 9.25. The number of carbonyl (C=O) groups is 3. The predicted octanol–water partition coefficient (Wildman–Crippen LogP) is 4.38. The number of carbonyl (C=O) groups excluding carboxylic acids is 3. The van der Waals surface area contributed by atoms with Gasteiger partial charge in [-0.15, -0.1) is 0 Å². The van der Waals surface area contributed by atoms with E-state index in [2.05, 4.69) is 10.6 Å². The van der Waals surface area contributed by atoms with E-state index in [1.807, 2.05) is 0 Å². The number of ether oxygens (including phenoxy) is 1. The molecule has 0 spiro atoms. The number of nitro groups is 1. The molecule has 1 fully saturated rings. The molecule has 10 nitrogen and oxygen atoms in total. The number of hydrogen-bond acceptors (Lipinski definition) is 7. The Labute approximate surface area is 182 Å². The van der Waals surface area contributed by atoms with Crippen molar-refractivity contribution in [2.75, 3.05) is 6.61 Å². The fourth-order valence-electron chi connectivity index (χ4n) is 3.37. The zero-order valence-electron chi connectivity index (χ0n) is 16.9. The van der Waals surface area contributed by atoms with Gasteiger partial charge in [-0.3, -0.25) is 10.1 Å². The minimum absolute atomic E-state index is 0.00402. The zero-order chi connectivity index (χ0) is 22.6.